The average molecular weight is 656 g/mol. The Morgan fingerprint density at radius 2 is 0.654 bits per heavy atom. The lowest BCUT2D eigenvalue weighted by Crippen LogP contribution is -2.60. The zero-order valence-electron chi connectivity index (χ0n) is 28.4. The van der Waals surface area contributed by atoms with Crippen LogP contribution in [0.3, 0.4) is 0 Å². The number of hydrogen-bond acceptors (Lipinski definition) is 2. The molecule has 4 aliphatic heterocycles. The third-order valence-corrected chi connectivity index (χ3v) is 11.9. The number of anilines is 4. The van der Waals surface area contributed by atoms with E-state index in [0.717, 1.165) is 0 Å². The molecule has 0 aromatic heterocycles. The molecule has 238 valence electrons. The van der Waals surface area contributed by atoms with Gasteiger partial charge in [-0.15, -0.1) is 0 Å². The van der Waals surface area contributed by atoms with E-state index in [-0.39, 0.29) is 13.7 Å². The van der Waals surface area contributed by atoms with Crippen molar-refractivity contribution in [1.29, 1.82) is 0 Å². The Labute approximate surface area is 304 Å². The highest BCUT2D eigenvalue weighted by Gasteiger charge is 2.45. The van der Waals surface area contributed by atoms with E-state index >= 15 is 0 Å². The minimum Gasteiger partial charge on any atom is -0.376 e. The van der Waals surface area contributed by atoms with Crippen LogP contribution in [0, 0.1) is 0 Å². The third kappa shape index (κ3) is 3.66. The third-order valence-electron chi connectivity index (χ3n) is 11.9. The molecule has 0 saturated carbocycles. The second-order valence-corrected chi connectivity index (χ2v) is 14.4. The summed E-state index contributed by atoms with van der Waals surface area (Å²) in [6.45, 7) is 0.117. The Kier molecular flexibility index (Phi) is 5.70. The van der Waals surface area contributed by atoms with Crippen LogP contribution in [0.4, 0.5) is 22.7 Å². The van der Waals surface area contributed by atoms with E-state index in [1.54, 1.807) is 0 Å². The van der Waals surface area contributed by atoms with Gasteiger partial charge in [0.15, 0.2) is 0 Å². The van der Waals surface area contributed by atoms with Gasteiger partial charge in [0.05, 0.1) is 0 Å². The molecule has 0 amide bonds. The van der Waals surface area contributed by atoms with Gasteiger partial charge in [0.2, 0.25) is 0 Å². The van der Waals surface area contributed by atoms with Gasteiger partial charge in [-0.1, -0.05) is 152 Å². The van der Waals surface area contributed by atoms with Gasteiger partial charge >= 0.3 is 13.7 Å². The molecule has 0 N–H and O–H groups in total. The predicted molar refractivity (Wildman–Crippen MR) is 221 cm³/mol. The van der Waals surface area contributed by atoms with Gasteiger partial charge in [-0.05, 0) is 85.6 Å². The number of benzene rings is 8. The number of rotatable bonds is 1. The summed E-state index contributed by atoms with van der Waals surface area (Å²) in [5, 5.41) is 0. The number of hydrogen-bond donors (Lipinski definition) is 0. The van der Waals surface area contributed by atoms with Crippen LogP contribution in [-0.2, 0) is 0 Å². The van der Waals surface area contributed by atoms with Crippen molar-refractivity contribution in [2.24, 2.45) is 0 Å². The van der Waals surface area contributed by atoms with Crippen LogP contribution in [-0.4, -0.2) is 13.7 Å². The molecule has 0 fully saturated rings. The van der Waals surface area contributed by atoms with Crippen LogP contribution in [0.1, 0.15) is 0 Å². The molecule has 0 unspecified atom stereocenters. The molecule has 4 heteroatoms. The molecule has 0 aliphatic carbocycles. The normalized spacial score (nSPS) is 13.6. The zero-order chi connectivity index (χ0) is 33.9. The second kappa shape index (κ2) is 10.5. The van der Waals surface area contributed by atoms with Crippen molar-refractivity contribution >= 4 is 58.3 Å². The highest BCUT2D eigenvalue weighted by Crippen LogP contribution is 2.48. The van der Waals surface area contributed by atoms with Crippen molar-refractivity contribution in [3.05, 3.63) is 182 Å². The first-order valence-corrected chi connectivity index (χ1v) is 18.3. The van der Waals surface area contributed by atoms with Crippen molar-refractivity contribution in [2.45, 2.75) is 0 Å². The molecule has 2 nitrogen and oxygen atoms in total. The Morgan fingerprint density at radius 1 is 0.269 bits per heavy atom. The van der Waals surface area contributed by atoms with Crippen LogP contribution in [0.15, 0.2) is 182 Å². The highest BCUT2D eigenvalue weighted by atomic mass is 15.1. The molecule has 0 saturated heterocycles. The first kappa shape index (κ1) is 28.2. The molecule has 4 aliphatic rings. The summed E-state index contributed by atoms with van der Waals surface area (Å²) in [7, 11) is 0. The zero-order valence-corrected chi connectivity index (χ0v) is 28.4. The summed E-state index contributed by atoms with van der Waals surface area (Å²) in [5.41, 5.74) is 23.4. The topological polar surface area (TPSA) is 6.48 Å². The molecular weight excluding hydrogens is 626 g/mol. The Bertz CT molecular complexity index is 2800. The Hall–Kier alpha value is -6.51. The first-order chi connectivity index (χ1) is 25.8. The average Bonchev–Trinajstić information content (AvgIpc) is 3.23. The fourth-order valence-electron chi connectivity index (χ4n) is 9.83. The van der Waals surface area contributed by atoms with Crippen molar-refractivity contribution in [3.8, 4) is 55.6 Å². The van der Waals surface area contributed by atoms with Gasteiger partial charge in [-0.2, -0.15) is 0 Å². The van der Waals surface area contributed by atoms with Crippen LogP contribution in [0.5, 0.6) is 0 Å². The van der Waals surface area contributed by atoms with Crippen LogP contribution in [0.25, 0.3) is 55.6 Å². The van der Waals surface area contributed by atoms with Crippen molar-refractivity contribution < 1.29 is 0 Å². The fourth-order valence-corrected chi connectivity index (χ4v) is 9.83. The lowest BCUT2D eigenvalue weighted by atomic mass is 9.42. The molecule has 0 spiro atoms. The molecule has 0 atom stereocenters. The quantitative estimate of drug-likeness (QED) is 0.163. The maximum absolute atomic E-state index is 2.60. The number of nitrogens with zero attached hydrogens (tertiary/aromatic N) is 2. The monoisotopic (exact) mass is 656 g/mol. The van der Waals surface area contributed by atoms with E-state index in [9.17, 15) is 0 Å². The van der Waals surface area contributed by atoms with Gasteiger partial charge in [-0.3, -0.25) is 0 Å². The van der Waals surface area contributed by atoms with Gasteiger partial charge in [0.1, 0.15) is 0 Å². The smallest absolute Gasteiger partial charge is 0.330 e. The maximum Gasteiger partial charge on any atom is 0.330 e. The number of para-hydroxylation sites is 4. The Balaban J connectivity index is 1.12. The fraction of sp³-hybridized carbons (Fsp3) is 0. The SMILES string of the molecule is c1ccc2c(c1)B1c3ccc(-c4cccc5c4B4c6ccccc6-c6ccccc6N4c4ccccc4-5)cc3-c3ccccc3N1c1ccccc1-2. The minimum atomic E-state index is 0.0349. The van der Waals surface area contributed by atoms with Gasteiger partial charge in [0.25, 0.3) is 0 Å². The van der Waals surface area contributed by atoms with Crippen molar-refractivity contribution in [1.82, 2.24) is 0 Å². The molecule has 8 aromatic rings. The second-order valence-electron chi connectivity index (χ2n) is 14.4. The minimum absolute atomic E-state index is 0.0349. The lowest BCUT2D eigenvalue weighted by Gasteiger charge is -2.44. The predicted octanol–water partition coefficient (Wildman–Crippen LogP) is 9.16. The van der Waals surface area contributed by atoms with E-state index in [1.807, 2.05) is 0 Å². The largest absolute Gasteiger partial charge is 0.376 e. The molecule has 4 heterocycles. The summed E-state index contributed by atoms with van der Waals surface area (Å²) in [6.07, 6.45) is 0. The standard InChI is InChI=1S/C48H30B2N2/c1-7-22-41-33(14-1)35-16-3-9-24-44(35)51-47-27-12-6-19-38(47)40-30-31(28-29-43(40)49(41)51)32-20-13-21-39-37-18-5-11-26-46(37)52-45-25-10-4-17-36(45)34-15-2-8-23-42(34)50(52)48(32)39/h1-30H. The highest BCUT2D eigenvalue weighted by molar-refractivity contribution is 6.94. The van der Waals surface area contributed by atoms with Crippen LogP contribution < -0.4 is 31.5 Å². The summed E-state index contributed by atoms with van der Waals surface area (Å²) < 4.78 is 0. The van der Waals surface area contributed by atoms with E-state index < -0.39 is 0 Å². The van der Waals surface area contributed by atoms with Gasteiger partial charge in [0, 0.05) is 45.0 Å². The van der Waals surface area contributed by atoms with E-state index in [0.29, 0.717) is 0 Å². The van der Waals surface area contributed by atoms with E-state index in [1.165, 1.54) is 100 Å². The summed E-state index contributed by atoms with van der Waals surface area (Å²) >= 11 is 0. The van der Waals surface area contributed by atoms with Gasteiger partial charge < -0.3 is 9.62 Å². The summed E-state index contributed by atoms with van der Waals surface area (Å²) in [6, 6.07) is 68.0. The maximum atomic E-state index is 2.60. The summed E-state index contributed by atoms with van der Waals surface area (Å²) in [5.74, 6) is 0. The first-order valence-electron chi connectivity index (χ1n) is 18.3. The van der Waals surface area contributed by atoms with Crippen molar-refractivity contribution in [3.63, 3.8) is 0 Å². The molecule has 8 aromatic carbocycles. The molecule has 0 bridgehead atoms. The Morgan fingerprint density at radius 3 is 1.23 bits per heavy atom. The number of fused-ring (bicyclic) bond motifs is 22. The molecule has 12 rings (SSSR count). The van der Waals surface area contributed by atoms with E-state index in [2.05, 4.69) is 192 Å². The van der Waals surface area contributed by atoms with E-state index in [4.69, 9.17) is 0 Å². The van der Waals surface area contributed by atoms with Crippen LogP contribution in [0.2, 0.25) is 0 Å². The lowest BCUT2D eigenvalue weighted by molar-refractivity contribution is 1.34. The van der Waals surface area contributed by atoms with Crippen molar-refractivity contribution in [2.75, 3.05) is 9.62 Å². The van der Waals surface area contributed by atoms with Gasteiger partial charge in [-0.25, -0.2) is 0 Å². The van der Waals surface area contributed by atoms with Crippen LogP contribution >= 0.6 is 0 Å². The molecule has 0 radical (unpaired) electrons. The molecule has 52 heavy (non-hydrogen) atoms. The summed E-state index contributed by atoms with van der Waals surface area (Å²) in [4.78, 5) is 5.17. The molecular formula is C48H30B2N2.